The summed E-state index contributed by atoms with van der Waals surface area (Å²) in [5.74, 6) is 1.62. The predicted molar refractivity (Wildman–Crippen MR) is 95.9 cm³/mol. The van der Waals surface area contributed by atoms with Gasteiger partial charge in [0.2, 0.25) is 0 Å². The van der Waals surface area contributed by atoms with Gasteiger partial charge in [0.05, 0.1) is 18.6 Å². The Kier molecular flexibility index (Phi) is 5.48. The standard InChI is InChI=1S/C18H20N2O3S/c1-2-13-22-15-5-7-16(8-6-15)23-24-17-9-3-14(4-10-17)20-12-11-19-18(20)21/h3-10H,2,11-13H2,1H3,(H,19,21). The van der Waals surface area contributed by atoms with Gasteiger partial charge in [-0.3, -0.25) is 4.90 Å². The van der Waals surface area contributed by atoms with Crippen LogP contribution in [0.25, 0.3) is 0 Å². The van der Waals surface area contributed by atoms with E-state index in [4.69, 9.17) is 8.92 Å². The largest absolute Gasteiger partial charge is 0.494 e. The fraction of sp³-hybridized carbons (Fsp3) is 0.278. The third kappa shape index (κ3) is 4.14. The second-order valence-corrected chi connectivity index (χ2v) is 6.17. The lowest BCUT2D eigenvalue weighted by molar-refractivity contribution is 0.252. The fourth-order valence-corrected chi connectivity index (χ4v) is 2.86. The van der Waals surface area contributed by atoms with Crippen molar-refractivity contribution in [2.45, 2.75) is 18.2 Å². The first kappa shape index (κ1) is 16.5. The molecule has 1 aliphatic heterocycles. The Balaban J connectivity index is 1.53. The summed E-state index contributed by atoms with van der Waals surface area (Å²) >= 11 is 1.29. The van der Waals surface area contributed by atoms with Crippen molar-refractivity contribution in [3.05, 3.63) is 48.5 Å². The monoisotopic (exact) mass is 344 g/mol. The first-order valence-electron chi connectivity index (χ1n) is 7.99. The van der Waals surface area contributed by atoms with Gasteiger partial charge in [-0.1, -0.05) is 6.92 Å². The second kappa shape index (κ2) is 7.97. The Labute approximate surface area is 146 Å². The summed E-state index contributed by atoms with van der Waals surface area (Å²) in [5, 5.41) is 2.79. The molecular weight excluding hydrogens is 324 g/mol. The zero-order valence-electron chi connectivity index (χ0n) is 13.5. The maximum atomic E-state index is 11.6. The van der Waals surface area contributed by atoms with Crippen LogP contribution in [0.1, 0.15) is 13.3 Å². The molecule has 0 radical (unpaired) electrons. The van der Waals surface area contributed by atoms with E-state index in [1.165, 1.54) is 12.0 Å². The number of ether oxygens (including phenoxy) is 1. The summed E-state index contributed by atoms with van der Waals surface area (Å²) in [6, 6.07) is 15.3. The lowest BCUT2D eigenvalue weighted by atomic mass is 10.3. The average molecular weight is 344 g/mol. The van der Waals surface area contributed by atoms with Crippen LogP contribution in [-0.4, -0.2) is 25.7 Å². The third-order valence-electron chi connectivity index (χ3n) is 3.54. The molecule has 2 aromatic rings. The molecule has 1 aliphatic rings. The highest BCUT2D eigenvalue weighted by Gasteiger charge is 2.20. The van der Waals surface area contributed by atoms with Crippen molar-refractivity contribution in [1.82, 2.24) is 5.32 Å². The number of nitrogens with zero attached hydrogens (tertiary/aromatic N) is 1. The van der Waals surface area contributed by atoms with Crippen LogP contribution in [0.4, 0.5) is 10.5 Å². The summed E-state index contributed by atoms with van der Waals surface area (Å²) in [6.45, 7) is 4.19. The van der Waals surface area contributed by atoms with Crippen LogP contribution in [0.5, 0.6) is 11.5 Å². The summed E-state index contributed by atoms with van der Waals surface area (Å²) in [7, 11) is 0. The van der Waals surface area contributed by atoms with E-state index < -0.39 is 0 Å². The van der Waals surface area contributed by atoms with Crippen molar-refractivity contribution < 1.29 is 13.7 Å². The van der Waals surface area contributed by atoms with Crippen LogP contribution in [0.15, 0.2) is 53.4 Å². The smallest absolute Gasteiger partial charge is 0.321 e. The first-order chi connectivity index (χ1) is 11.8. The second-order valence-electron chi connectivity index (χ2n) is 5.36. The minimum atomic E-state index is -0.0444. The molecule has 1 fully saturated rings. The van der Waals surface area contributed by atoms with Crippen molar-refractivity contribution >= 4 is 23.8 Å². The minimum absolute atomic E-state index is 0.0444. The van der Waals surface area contributed by atoms with Crippen molar-refractivity contribution in [2.75, 3.05) is 24.6 Å². The topological polar surface area (TPSA) is 50.8 Å². The van der Waals surface area contributed by atoms with Gasteiger partial charge >= 0.3 is 6.03 Å². The van der Waals surface area contributed by atoms with Gasteiger partial charge < -0.3 is 14.2 Å². The maximum absolute atomic E-state index is 11.6. The fourth-order valence-electron chi connectivity index (χ4n) is 2.31. The van der Waals surface area contributed by atoms with Crippen molar-refractivity contribution in [3.63, 3.8) is 0 Å². The van der Waals surface area contributed by atoms with Gasteiger partial charge in [0, 0.05) is 23.7 Å². The van der Waals surface area contributed by atoms with E-state index in [-0.39, 0.29) is 6.03 Å². The Morgan fingerprint density at radius 2 is 1.79 bits per heavy atom. The molecule has 0 aliphatic carbocycles. The Hall–Kier alpha value is -2.34. The van der Waals surface area contributed by atoms with Gasteiger partial charge in [0.1, 0.15) is 11.5 Å². The molecule has 0 saturated carbocycles. The van der Waals surface area contributed by atoms with E-state index >= 15 is 0 Å². The molecule has 2 aromatic carbocycles. The molecule has 2 amide bonds. The lowest BCUT2D eigenvalue weighted by Gasteiger charge is -2.14. The molecule has 3 rings (SSSR count). The van der Waals surface area contributed by atoms with Crippen molar-refractivity contribution in [1.29, 1.82) is 0 Å². The lowest BCUT2D eigenvalue weighted by Crippen LogP contribution is -2.27. The molecule has 1 N–H and O–H groups in total. The zero-order chi connectivity index (χ0) is 16.8. The number of carbonyl (C=O) groups is 1. The van der Waals surface area contributed by atoms with Gasteiger partial charge in [-0.2, -0.15) is 0 Å². The van der Waals surface area contributed by atoms with Crippen LogP contribution in [-0.2, 0) is 0 Å². The Morgan fingerprint density at radius 3 is 2.42 bits per heavy atom. The Morgan fingerprint density at radius 1 is 1.08 bits per heavy atom. The number of benzene rings is 2. The molecule has 0 aromatic heterocycles. The molecule has 0 spiro atoms. The summed E-state index contributed by atoms with van der Waals surface area (Å²) in [5.41, 5.74) is 0.895. The molecule has 24 heavy (non-hydrogen) atoms. The average Bonchev–Trinajstić information content (AvgIpc) is 3.05. The van der Waals surface area contributed by atoms with E-state index in [0.29, 0.717) is 13.1 Å². The first-order valence-corrected chi connectivity index (χ1v) is 8.73. The van der Waals surface area contributed by atoms with Gasteiger partial charge in [-0.05, 0) is 55.0 Å². The number of hydrogen-bond donors (Lipinski definition) is 1. The highest BCUT2D eigenvalue weighted by molar-refractivity contribution is 7.95. The number of amides is 2. The number of anilines is 1. The van der Waals surface area contributed by atoms with E-state index in [0.717, 1.165) is 35.1 Å². The van der Waals surface area contributed by atoms with E-state index in [9.17, 15) is 4.79 Å². The molecule has 0 atom stereocenters. The maximum Gasteiger partial charge on any atom is 0.321 e. The Bertz CT molecular complexity index is 674. The van der Waals surface area contributed by atoms with E-state index in [1.807, 2.05) is 48.5 Å². The third-order valence-corrected chi connectivity index (χ3v) is 4.28. The molecular formula is C18H20N2O3S. The summed E-state index contributed by atoms with van der Waals surface area (Å²) < 4.78 is 11.3. The predicted octanol–water partition coefficient (Wildman–Crippen LogP) is 4.09. The SMILES string of the molecule is CCCOc1ccc(OSc2ccc(N3CCNC3=O)cc2)cc1. The summed E-state index contributed by atoms with van der Waals surface area (Å²) in [4.78, 5) is 14.3. The van der Waals surface area contributed by atoms with Gasteiger partial charge in [0.25, 0.3) is 0 Å². The molecule has 0 unspecified atom stereocenters. The van der Waals surface area contributed by atoms with Crippen molar-refractivity contribution in [3.8, 4) is 11.5 Å². The molecule has 5 nitrogen and oxygen atoms in total. The quantitative estimate of drug-likeness (QED) is 0.769. The molecule has 1 saturated heterocycles. The molecule has 0 bridgehead atoms. The van der Waals surface area contributed by atoms with Gasteiger partial charge in [-0.15, -0.1) is 0 Å². The number of nitrogens with one attached hydrogen (secondary N) is 1. The minimum Gasteiger partial charge on any atom is -0.494 e. The van der Waals surface area contributed by atoms with Crippen molar-refractivity contribution in [2.24, 2.45) is 0 Å². The number of rotatable bonds is 7. The van der Waals surface area contributed by atoms with Gasteiger partial charge in [-0.25, -0.2) is 4.79 Å². The van der Waals surface area contributed by atoms with Crippen LogP contribution in [0.3, 0.4) is 0 Å². The molecule has 126 valence electrons. The van der Waals surface area contributed by atoms with Crippen LogP contribution >= 0.6 is 12.0 Å². The van der Waals surface area contributed by atoms with E-state index in [2.05, 4.69) is 12.2 Å². The zero-order valence-corrected chi connectivity index (χ0v) is 14.3. The van der Waals surface area contributed by atoms with Gasteiger partial charge in [0.15, 0.2) is 0 Å². The highest BCUT2D eigenvalue weighted by atomic mass is 32.2. The van der Waals surface area contributed by atoms with Crippen LogP contribution < -0.4 is 19.1 Å². The number of urea groups is 1. The number of hydrogen-bond acceptors (Lipinski definition) is 4. The van der Waals surface area contributed by atoms with Crippen LogP contribution in [0, 0.1) is 0 Å². The molecule has 1 heterocycles. The normalized spacial score (nSPS) is 13.7. The highest BCUT2D eigenvalue weighted by Crippen LogP contribution is 2.27. The van der Waals surface area contributed by atoms with E-state index in [1.54, 1.807) is 4.90 Å². The van der Waals surface area contributed by atoms with Crippen LogP contribution in [0.2, 0.25) is 0 Å². The number of carbonyl (C=O) groups excluding carboxylic acids is 1. The molecule has 6 heteroatoms. The summed E-state index contributed by atoms with van der Waals surface area (Å²) in [6.07, 6.45) is 0.989.